The van der Waals surface area contributed by atoms with Crippen molar-refractivity contribution < 1.29 is 62.6 Å². The molecule has 0 aliphatic carbocycles. The zero-order valence-corrected chi connectivity index (χ0v) is 58.4. The molecule has 11 amide bonds. The van der Waals surface area contributed by atoms with Gasteiger partial charge in [0.2, 0.25) is 65.0 Å². The molecule has 1 aliphatic heterocycles. The smallest absolute Gasteiger partial charge is 0.245 e. The molecule has 25 heteroatoms. The molecule has 1 heterocycles. The van der Waals surface area contributed by atoms with E-state index in [9.17, 15) is 53.1 Å². The molecule has 0 bridgehead atoms. The largest absolute Gasteiger partial charge is 0.390 e. The van der Waals surface area contributed by atoms with E-state index in [4.69, 9.17) is 4.74 Å². The second kappa shape index (κ2) is 37.8. The normalized spacial score (nSPS) is 26.5. The van der Waals surface area contributed by atoms with Crippen LogP contribution in [0.1, 0.15) is 143 Å². The van der Waals surface area contributed by atoms with E-state index in [1.807, 2.05) is 53.5 Å². The molecule has 6 N–H and O–H groups in total. The third-order valence-corrected chi connectivity index (χ3v) is 16.7. The van der Waals surface area contributed by atoms with Crippen molar-refractivity contribution >= 4 is 65.0 Å². The van der Waals surface area contributed by atoms with Crippen LogP contribution in [0.15, 0.2) is 12.2 Å². The van der Waals surface area contributed by atoms with Crippen molar-refractivity contribution in [1.29, 1.82) is 0 Å². The van der Waals surface area contributed by atoms with E-state index in [0.717, 1.165) is 4.90 Å². The van der Waals surface area contributed by atoms with Gasteiger partial charge in [-0.1, -0.05) is 102 Å². The number of aliphatic hydroxyl groups excluding tert-OH is 1. The molecule has 510 valence electrons. The van der Waals surface area contributed by atoms with Gasteiger partial charge in [0.1, 0.15) is 60.4 Å². The van der Waals surface area contributed by atoms with Crippen LogP contribution in [0.25, 0.3) is 0 Å². The Balaban J connectivity index is 4.36. The lowest BCUT2D eigenvalue weighted by molar-refractivity contribution is -0.154. The molecule has 1 rings (SSSR count). The fourth-order valence-corrected chi connectivity index (χ4v) is 11.2. The van der Waals surface area contributed by atoms with Crippen LogP contribution in [0, 0.1) is 41.4 Å². The van der Waals surface area contributed by atoms with Crippen molar-refractivity contribution in [3.05, 3.63) is 12.2 Å². The van der Waals surface area contributed by atoms with E-state index in [-0.39, 0.29) is 50.0 Å². The van der Waals surface area contributed by atoms with E-state index in [2.05, 4.69) is 26.6 Å². The molecule has 0 aromatic carbocycles. The number of amides is 11. The molecule has 13 atom stereocenters. The SMILES string of the molecule is C/C=C/C[C@@H](C)[C@@H](O)[C@@H]1NC(=O)[C@H](C(C)C)N(C)C(=O)[C@H](CC(C)C)N(C)C(=O)[C@H](CC(C)C)N(C)C(=O)[C@@H](C)NC(=O)[C@H](C)NC(=O)[C@H](CC(C)C)N(C)C(=O)[C@H](C(C)C)NC(=O)[C@H]([C@H](C)CN(C)CCOC)N(C)C(=O)CN(C)C(=O)[C@H](CC)NC1=O. The summed E-state index contributed by atoms with van der Waals surface area (Å²) in [6.45, 7) is 28.4. The van der Waals surface area contributed by atoms with Crippen LogP contribution in [0.3, 0.4) is 0 Å². The van der Waals surface area contributed by atoms with Crippen molar-refractivity contribution in [2.45, 2.75) is 209 Å². The highest BCUT2D eigenvalue weighted by Gasteiger charge is 2.44. The summed E-state index contributed by atoms with van der Waals surface area (Å²) in [6.07, 6.45) is 2.77. The zero-order chi connectivity index (χ0) is 68.8. The maximum Gasteiger partial charge on any atom is 0.245 e. The maximum absolute atomic E-state index is 15.0. The number of hydrogen-bond acceptors (Lipinski definition) is 14. The number of hydrogen-bond donors (Lipinski definition) is 6. The number of rotatable bonds is 19. The van der Waals surface area contributed by atoms with Gasteiger partial charge in [0.05, 0.1) is 19.3 Å². The monoisotopic (exact) mass is 1260 g/mol. The Morgan fingerprint density at radius 1 is 0.551 bits per heavy atom. The maximum atomic E-state index is 15.0. The lowest BCUT2D eigenvalue weighted by Gasteiger charge is -2.40. The molecule has 0 aromatic heterocycles. The van der Waals surface area contributed by atoms with Crippen molar-refractivity contribution in [3.63, 3.8) is 0 Å². The average molecular weight is 1260 g/mol. The molecule has 0 unspecified atom stereocenters. The molecule has 25 nitrogen and oxygen atoms in total. The van der Waals surface area contributed by atoms with Crippen LogP contribution in [0.4, 0.5) is 0 Å². The molecular weight excluding hydrogens is 1140 g/mol. The molecular formula is C64H116N12O13. The second-order valence-electron chi connectivity index (χ2n) is 26.7. The summed E-state index contributed by atoms with van der Waals surface area (Å²) < 4.78 is 5.29. The molecule has 1 saturated heterocycles. The van der Waals surface area contributed by atoms with Crippen LogP contribution in [-0.4, -0.2) is 254 Å². The van der Waals surface area contributed by atoms with Crippen LogP contribution < -0.4 is 26.6 Å². The van der Waals surface area contributed by atoms with E-state index in [1.165, 1.54) is 80.6 Å². The number of carbonyl (C=O) groups is 11. The molecule has 0 radical (unpaired) electrons. The first-order chi connectivity index (χ1) is 41.2. The van der Waals surface area contributed by atoms with Crippen LogP contribution in [0.5, 0.6) is 0 Å². The average Bonchev–Trinajstić information content (AvgIpc) is 1.90. The lowest BCUT2D eigenvalue weighted by atomic mass is 9.92. The Labute approximate surface area is 532 Å². The Kier molecular flexibility index (Phi) is 34.3. The Morgan fingerprint density at radius 3 is 1.51 bits per heavy atom. The Morgan fingerprint density at radius 2 is 1.02 bits per heavy atom. The lowest BCUT2D eigenvalue weighted by Crippen LogP contribution is -2.63. The number of methoxy groups -OCH3 is 1. The van der Waals surface area contributed by atoms with Crippen molar-refractivity contribution in [2.24, 2.45) is 41.4 Å². The fraction of sp³-hybridized carbons (Fsp3) is 0.797. The highest BCUT2D eigenvalue weighted by molar-refractivity contribution is 5.99. The third-order valence-electron chi connectivity index (χ3n) is 16.7. The van der Waals surface area contributed by atoms with Gasteiger partial charge in [0.15, 0.2) is 0 Å². The number of nitrogens with one attached hydrogen (secondary N) is 5. The van der Waals surface area contributed by atoms with E-state index in [0.29, 0.717) is 19.6 Å². The first-order valence-electron chi connectivity index (χ1n) is 31.8. The van der Waals surface area contributed by atoms with Gasteiger partial charge in [0, 0.05) is 62.5 Å². The predicted molar refractivity (Wildman–Crippen MR) is 343 cm³/mol. The topological polar surface area (TPSA) is 300 Å². The summed E-state index contributed by atoms with van der Waals surface area (Å²) in [4.78, 5) is 170. The molecule has 0 aromatic rings. The minimum atomic E-state index is -1.68. The van der Waals surface area contributed by atoms with Crippen molar-refractivity contribution in [2.75, 3.05) is 82.7 Å². The van der Waals surface area contributed by atoms with Gasteiger partial charge < -0.3 is 70.7 Å². The summed E-state index contributed by atoms with van der Waals surface area (Å²) in [6, 6.07) is -12.7. The van der Waals surface area contributed by atoms with Gasteiger partial charge in [-0.05, 0) is 101 Å². The molecule has 1 aliphatic rings. The summed E-state index contributed by atoms with van der Waals surface area (Å²) in [5.41, 5.74) is 0. The van der Waals surface area contributed by atoms with Gasteiger partial charge in [-0.3, -0.25) is 52.7 Å². The number of likely N-dealkylation sites (N-methyl/N-ethyl adjacent to an activating group) is 7. The molecule has 89 heavy (non-hydrogen) atoms. The van der Waals surface area contributed by atoms with Crippen LogP contribution >= 0.6 is 0 Å². The Hall–Kier alpha value is -6.21. The summed E-state index contributed by atoms with van der Waals surface area (Å²) in [5.74, 6) is -10.6. The fourth-order valence-electron chi connectivity index (χ4n) is 11.2. The third kappa shape index (κ3) is 23.8. The van der Waals surface area contributed by atoms with Gasteiger partial charge in [-0.25, -0.2) is 0 Å². The first kappa shape index (κ1) is 80.8. The number of carbonyl (C=O) groups excluding carboxylic acids is 11. The van der Waals surface area contributed by atoms with E-state index in [1.54, 1.807) is 74.7 Å². The number of aliphatic hydroxyl groups is 1. The van der Waals surface area contributed by atoms with E-state index < -0.39 is 162 Å². The second-order valence-corrected chi connectivity index (χ2v) is 26.7. The van der Waals surface area contributed by atoms with E-state index >= 15 is 4.79 Å². The van der Waals surface area contributed by atoms with Gasteiger partial charge in [0.25, 0.3) is 0 Å². The Bertz CT molecular complexity index is 2400. The number of ether oxygens (including phenoxy) is 1. The quantitative estimate of drug-likeness (QED) is 0.101. The van der Waals surface area contributed by atoms with Crippen molar-refractivity contribution in [3.8, 4) is 0 Å². The summed E-state index contributed by atoms with van der Waals surface area (Å²) >= 11 is 0. The minimum Gasteiger partial charge on any atom is -0.390 e. The van der Waals surface area contributed by atoms with Gasteiger partial charge in [-0.2, -0.15) is 0 Å². The van der Waals surface area contributed by atoms with Crippen LogP contribution in [-0.2, 0) is 57.5 Å². The molecule has 1 fully saturated rings. The summed E-state index contributed by atoms with van der Waals surface area (Å²) in [5, 5.41) is 25.7. The van der Waals surface area contributed by atoms with Gasteiger partial charge >= 0.3 is 0 Å². The van der Waals surface area contributed by atoms with Crippen LogP contribution in [0.2, 0.25) is 0 Å². The van der Waals surface area contributed by atoms with Gasteiger partial charge in [-0.15, -0.1) is 0 Å². The first-order valence-corrected chi connectivity index (χ1v) is 31.8. The van der Waals surface area contributed by atoms with Crippen molar-refractivity contribution in [1.82, 2.24) is 60.9 Å². The summed E-state index contributed by atoms with van der Waals surface area (Å²) in [7, 11) is 11.9. The molecule has 0 spiro atoms. The number of allylic oxidation sites excluding steroid dienone is 2. The molecule has 0 saturated carbocycles. The highest BCUT2D eigenvalue weighted by atomic mass is 16.5. The number of nitrogens with zero attached hydrogens (tertiary/aromatic N) is 7. The standard InChI is InChI=1S/C64H116N12O13/c1-25-27-28-41(13)54(78)51-57(81)67-45(26-2)61(85)71(18)35-49(77)75(22)53(42(14)34-70(17)29-30-89-24)59(83)68-50(39(9)10)64(88)72(19)46(31-36(3)4)56(80)65-43(15)55(79)66-44(16)60(84)73(20)47(32-37(5)6)62(86)74(21)48(33-38(7)8)63(87)76(23)52(40(11)12)58(82)69-51/h25,27,36-48,50-54,78H,26,28-35H2,1-24H3,(H,65,80)(H,66,79)(H,67,81)(H,68,83)(H,69,82)/b27-25+/t41-,42-,43+,44-,45+,46+,47+,48+,50+,51+,52+,53+,54-/m1/s1. The zero-order valence-electron chi connectivity index (χ0n) is 58.4. The predicted octanol–water partition coefficient (Wildman–Crippen LogP) is 2.09. The highest BCUT2D eigenvalue weighted by Crippen LogP contribution is 2.24. The minimum absolute atomic E-state index is 0.00281.